The Morgan fingerprint density at radius 2 is 1.67 bits per heavy atom. The lowest BCUT2D eigenvalue weighted by molar-refractivity contribution is 1.13. The first-order valence-electron chi connectivity index (χ1n) is 4.30. The maximum Gasteiger partial charge on any atom is 0.130 e. The second-order valence-electron chi connectivity index (χ2n) is 2.85. The van der Waals surface area contributed by atoms with Gasteiger partial charge < -0.3 is 0 Å². The second kappa shape index (κ2) is 4.88. The van der Waals surface area contributed by atoms with E-state index in [1.54, 1.807) is 17.8 Å². The highest BCUT2D eigenvalue weighted by molar-refractivity contribution is 7.99. The van der Waals surface area contributed by atoms with Gasteiger partial charge in [0, 0.05) is 9.92 Å². The average molecular weight is 256 g/mol. The molecule has 2 aromatic rings. The minimum atomic E-state index is 0.508. The van der Waals surface area contributed by atoms with E-state index in [0.29, 0.717) is 5.15 Å². The van der Waals surface area contributed by atoms with Crippen molar-refractivity contribution in [3.8, 4) is 0 Å². The zero-order valence-corrected chi connectivity index (χ0v) is 9.98. The van der Waals surface area contributed by atoms with E-state index < -0.39 is 0 Å². The van der Waals surface area contributed by atoms with Gasteiger partial charge in [0.25, 0.3) is 0 Å². The summed E-state index contributed by atoms with van der Waals surface area (Å²) in [4.78, 5) is 5.28. The number of halogens is 2. The summed E-state index contributed by atoms with van der Waals surface area (Å²) in [6.45, 7) is 0. The minimum absolute atomic E-state index is 0.508. The van der Waals surface area contributed by atoms with Crippen LogP contribution in [-0.2, 0) is 0 Å². The lowest BCUT2D eigenvalue weighted by atomic mass is 10.4. The molecule has 0 aliphatic heterocycles. The molecule has 0 bridgehead atoms. The molecule has 2 rings (SSSR count). The Kier molecular flexibility index (Phi) is 3.52. The Balaban J connectivity index is 2.18. The molecule has 0 fully saturated rings. The first-order chi connectivity index (χ1) is 7.24. The van der Waals surface area contributed by atoms with Crippen molar-refractivity contribution in [1.82, 2.24) is 4.98 Å². The highest BCUT2D eigenvalue weighted by Gasteiger charge is 1.99. The number of hydrogen-bond acceptors (Lipinski definition) is 2. The van der Waals surface area contributed by atoms with Gasteiger partial charge in [-0.3, -0.25) is 0 Å². The largest absolute Gasteiger partial charge is 0.229 e. The van der Waals surface area contributed by atoms with Crippen LogP contribution in [0.2, 0.25) is 10.2 Å². The molecular weight excluding hydrogens is 249 g/mol. The van der Waals surface area contributed by atoms with Crippen molar-refractivity contribution in [3.05, 3.63) is 52.6 Å². The van der Waals surface area contributed by atoms with Gasteiger partial charge in [0.05, 0.1) is 0 Å². The van der Waals surface area contributed by atoms with Crippen LogP contribution < -0.4 is 0 Å². The lowest BCUT2D eigenvalue weighted by Crippen LogP contribution is -1.79. The van der Waals surface area contributed by atoms with Gasteiger partial charge in [-0.2, -0.15) is 0 Å². The number of nitrogens with zero attached hydrogens (tertiary/aromatic N) is 1. The van der Waals surface area contributed by atoms with Crippen LogP contribution in [0.3, 0.4) is 0 Å². The molecule has 4 heteroatoms. The van der Waals surface area contributed by atoms with E-state index in [9.17, 15) is 0 Å². The Morgan fingerprint density at radius 1 is 0.933 bits per heavy atom. The van der Waals surface area contributed by atoms with Crippen LogP contribution in [0, 0.1) is 0 Å². The minimum Gasteiger partial charge on any atom is -0.229 e. The number of pyridine rings is 1. The summed E-state index contributed by atoms with van der Waals surface area (Å²) in [6.07, 6.45) is 0. The van der Waals surface area contributed by atoms with Crippen LogP contribution in [0.1, 0.15) is 0 Å². The lowest BCUT2D eigenvalue weighted by Gasteiger charge is -2.00. The van der Waals surface area contributed by atoms with Gasteiger partial charge in [-0.25, -0.2) is 4.98 Å². The van der Waals surface area contributed by atoms with Crippen molar-refractivity contribution in [3.63, 3.8) is 0 Å². The number of aromatic nitrogens is 1. The van der Waals surface area contributed by atoms with Crippen LogP contribution in [0.15, 0.2) is 52.4 Å². The molecule has 0 aliphatic rings. The van der Waals surface area contributed by atoms with Crippen LogP contribution in [0.25, 0.3) is 0 Å². The molecule has 1 aromatic carbocycles. The third kappa shape index (κ3) is 3.13. The van der Waals surface area contributed by atoms with Gasteiger partial charge in [0.1, 0.15) is 10.2 Å². The SMILES string of the molecule is Clc1ccc(Sc2cccc(Cl)n2)cc1. The van der Waals surface area contributed by atoms with Crippen molar-refractivity contribution in [1.29, 1.82) is 0 Å². The molecule has 1 nitrogen and oxygen atoms in total. The summed E-state index contributed by atoms with van der Waals surface area (Å²) in [5, 5.41) is 2.12. The van der Waals surface area contributed by atoms with Crippen LogP contribution >= 0.6 is 35.0 Å². The van der Waals surface area contributed by atoms with Gasteiger partial charge in [-0.05, 0) is 36.4 Å². The maximum absolute atomic E-state index is 5.79. The molecule has 0 unspecified atom stereocenters. The van der Waals surface area contributed by atoms with E-state index in [4.69, 9.17) is 23.2 Å². The smallest absolute Gasteiger partial charge is 0.130 e. The van der Waals surface area contributed by atoms with Crippen LogP contribution in [-0.4, -0.2) is 4.98 Å². The Labute approximate surface area is 102 Å². The predicted octanol–water partition coefficient (Wildman–Crippen LogP) is 4.54. The number of hydrogen-bond donors (Lipinski definition) is 0. The monoisotopic (exact) mass is 255 g/mol. The molecule has 0 spiro atoms. The van der Waals surface area contributed by atoms with Crippen LogP contribution in [0.5, 0.6) is 0 Å². The number of rotatable bonds is 2. The summed E-state index contributed by atoms with van der Waals surface area (Å²) in [6, 6.07) is 13.2. The highest BCUT2D eigenvalue weighted by atomic mass is 35.5. The Hall–Kier alpha value is -0.700. The predicted molar refractivity (Wildman–Crippen MR) is 64.8 cm³/mol. The molecule has 0 radical (unpaired) electrons. The molecule has 0 aliphatic carbocycles. The maximum atomic E-state index is 5.79. The standard InChI is InChI=1S/C11H7Cl2NS/c12-8-4-6-9(7-5-8)15-11-3-1-2-10(13)14-11/h1-7H. The third-order valence-corrected chi connectivity index (χ3v) is 3.13. The molecule has 0 N–H and O–H groups in total. The van der Waals surface area contributed by atoms with Crippen molar-refractivity contribution in [2.24, 2.45) is 0 Å². The van der Waals surface area contributed by atoms with Gasteiger partial charge in [0.2, 0.25) is 0 Å². The second-order valence-corrected chi connectivity index (χ2v) is 4.77. The van der Waals surface area contributed by atoms with Crippen molar-refractivity contribution in [2.45, 2.75) is 9.92 Å². The summed E-state index contributed by atoms with van der Waals surface area (Å²) < 4.78 is 0. The van der Waals surface area contributed by atoms with Gasteiger partial charge in [-0.1, -0.05) is 41.0 Å². The average Bonchev–Trinajstić information content (AvgIpc) is 2.22. The normalized spacial score (nSPS) is 10.3. The van der Waals surface area contributed by atoms with E-state index in [2.05, 4.69) is 4.98 Å². The van der Waals surface area contributed by atoms with E-state index in [1.807, 2.05) is 36.4 Å². The summed E-state index contributed by atoms with van der Waals surface area (Å²) >= 11 is 13.1. The fourth-order valence-electron chi connectivity index (χ4n) is 1.07. The summed E-state index contributed by atoms with van der Waals surface area (Å²) in [5.74, 6) is 0. The summed E-state index contributed by atoms with van der Waals surface area (Å²) in [7, 11) is 0. The molecule has 76 valence electrons. The van der Waals surface area contributed by atoms with E-state index in [-0.39, 0.29) is 0 Å². The van der Waals surface area contributed by atoms with E-state index in [1.165, 1.54) is 0 Å². The molecule has 15 heavy (non-hydrogen) atoms. The molecule has 0 saturated heterocycles. The molecule has 0 saturated carbocycles. The summed E-state index contributed by atoms with van der Waals surface area (Å²) in [5.41, 5.74) is 0. The van der Waals surface area contributed by atoms with E-state index in [0.717, 1.165) is 14.9 Å². The zero-order valence-electron chi connectivity index (χ0n) is 7.65. The van der Waals surface area contributed by atoms with Crippen molar-refractivity contribution >= 4 is 35.0 Å². The topological polar surface area (TPSA) is 12.9 Å². The molecule has 1 aromatic heterocycles. The van der Waals surface area contributed by atoms with Gasteiger partial charge >= 0.3 is 0 Å². The van der Waals surface area contributed by atoms with Crippen molar-refractivity contribution < 1.29 is 0 Å². The van der Waals surface area contributed by atoms with Crippen LogP contribution in [0.4, 0.5) is 0 Å². The molecule has 0 atom stereocenters. The van der Waals surface area contributed by atoms with Gasteiger partial charge in [-0.15, -0.1) is 0 Å². The molecule has 1 heterocycles. The zero-order chi connectivity index (χ0) is 10.7. The first kappa shape index (κ1) is 10.8. The molecular formula is C11H7Cl2NS. The Morgan fingerprint density at radius 3 is 2.33 bits per heavy atom. The fourth-order valence-corrected chi connectivity index (χ4v) is 2.21. The first-order valence-corrected chi connectivity index (χ1v) is 5.87. The fraction of sp³-hybridized carbons (Fsp3) is 0. The van der Waals surface area contributed by atoms with Gasteiger partial charge in [0.15, 0.2) is 0 Å². The third-order valence-electron chi connectivity index (χ3n) is 1.73. The molecule has 0 amide bonds. The highest BCUT2D eigenvalue weighted by Crippen LogP contribution is 2.27. The number of benzene rings is 1. The van der Waals surface area contributed by atoms with E-state index >= 15 is 0 Å². The quantitative estimate of drug-likeness (QED) is 0.731. The Bertz CT molecular complexity index is 456. The van der Waals surface area contributed by atoms with Crippen molar-refractivity contribution in [2.75, 3.05) is 0 Å².